The van der Waals surface area contributed by atoms with Crippen molar-refractivity contribution in [2.24, 2.45) is 0 Å². The fourth-order valence-corrected chi connectivity index (χ4v) is 2.50. The minimum Gasteiger partial charge on any atom is -0.354 e. The molecule has 0 radical (unpaired) electrons. The summed E-state index contributed by atoms with van der Waals surface area (Å²) in [6.07, 6.45) is 4.98. The monoisotopic (exact) mass is 342 g/mol. The molecule has 1 aliphatic heterocycles. The molecule has 1 unspecified atom stereocenters. The Balaban J connectivity index is 0.00000121. The number of H-pyrrole nitrogens is 1. The first kappa shape index (κ1) is 18.5. The molecule has 2 aromatic rings. The Labute approximate surface area is 142 Å². The third-order valence-corrected chi connectivity index (χ3v) is 3.61. The summed E-state index contributed by atoms with van der Waals surface area (Å²) in [5, 5.41) is 6.24. The Morgan fingerprint density at radius 1 is 1.27 bits per heavy atom. The van der Waals surface area contributed by atoms with Crippen molar-refractivity contribution in [3.05, 3.63) is 53.6 Å². The van der Waals surface area contributed by atoms with E-state index in [0.717, 1.165) is 25.2 Å². The summed E-state index contributed by atoms with van der Waals surface area (Å²) in [5.74, 6) is 0.957. The molecule has 1 aliphatic rings. The molecule has 3 rings (SSSR count). The quantitative estimate of drug-likeness (QED) is 0.790. The van der Waals surface area contributed by atoms with E-state index >= 15 is 0 Å². The number of carbonyl (C=O) groups excluding carboxylic acids is 1. The molecular weight excluding hydrogens is 323 g/mol. The summed E-state index contributed by atoms with van der Waals surface area (Å²) in [7, 11) is 0. The van der Waals surface area contributed by atoms with Crippen molar-refractivity contribution in [1.29, 1.82) is 0 Å². The van der Waals surface area contributed by atoms with Gasteiger partial charge in [0.1, 0.15) is 5.82 Å². The summed E-state index contributed by atoms with van der Waals surface area (Å²) in [6, 6.07) is 8.12. The number of rotatable bonds is 4. The molecule has 0 saturated heterocycles. The Bertz CT molecular complexity index is 589. The second-order valence-electron chi connectivity index (χ2n) is 4.98. The number of hydrogen-bond acceptors (Lipinski definition) is 3. The lowest BCUT2D eigenvalue weighted by atomic mass is 9.95. The molecule has 0 spiro atoms. The minimum absolute atomic E-state index is 0. The number of fused-ring (bicyclic) bond motifs is 1. The zero-order chi connectivity index (χ0) is 13.8. The number of carbonyl (C=O) groups is 1. The Morgan fingerprint density at radius 3 is 2.77 bits per heavy atom. The van der Waals surface area contributed by atoms with Crippen LogP contribution in [-0.4, -0.2) is 28.5 Å². The van der Waals surface area contributed by atoms with Crippen molar-refractivity contribution in [3.63, 3.8) is 0 Å². The molecule has 1 aromatic carbocycles. The Kier molecular flexibility index (Phi) is 7.38. The van der Waals surface area contributed by atoms with Crippen LogP contribution in [0.3, 0.4) is 0 Å². The molecule has 3 N–H and O–H groups in total. The fraction of sp³-hybridized carbons (Fsp3) is 0.333. The maximum absolute atomic E-state index is 12.1. The molecule has 22 heavy (non-hydrogen) atoms. The lowest BCUT2D eigenvalue weighted by Crippen LogP contribution is -2.48. The van der Waals surface area contributed by atoms with Crippen molar-refractivity contribution >= 4 is 30.7 Å². The predicted molar refractivity (Wildman–Crippen MR) is 90.6 cm³/mol. The van der Waals surface area contributed by atoms with E-state index in [9.17, 15) is 4.79 Å². The van der Waals surface area contributed by atoms with Crippen LogP contribution in [-0.2, 0) is 24.2 Å². The smallest absolute Gasteiger partial charge is 0.237 e. The maximum Gasteiger partial charge on any atom is 0.237 e. The fourth-order valence-electron chi connectivity index (χ4n) is 2.50. The molecule has 0 fully saturated rings. The number of hydrogen-bond donors (Lipinski definition) is 3. The average Bonchev–Trinajstić information content (AvgIpc) is 3.00. The van der Waals surface area contributed by atoms with Gasteiger partial charge in [0, 0.05) is 31.9 Å². The van der Waals surface area contributed by atoms with E-state index in [2.05, 4.69) is 32.7 Å². The highest BCUT2D eigenvalue weighted by Gasteiger charge is 2.23. The molecule has 0 saturated carbocycles. The van der Waals surface area contributed by atoms with Gasteiger partial charge in [-0.2, -0.15) is 0 Å². The molecule has 1 aromatic heterocycles. The van der Waals surface area contributed by atoms with Gasteiger partial charge < -0.3 is 15.6 Å². The maximum atomic E-state index is 12.1. The van der Waals surface area contributed by atoms with Crippen LogP contribution in [0.2, 0.25) is 0 Å². The first-order valence-corrected chi connectivity index (χ1v) is 6.89. The van der Waals surface area contributed by atoms with Gasteiger partial charge in [-0.1, -0.05) is 24.3 Å². The Hall–Kier alpha value is -1.56. The Morgan fingerprint density at radius 2 is 2.05 bits per heavy atom. The highest BCUT2D eigenvalue weighted by atomic mass is 35.5. The number of nitrogens with zero attached hydrogens (tertiary/aromatic N) is 1. The van der Waals surface area contributed by atoms with E-state index in [1.807, 2.05) is 12.1 Å². The van der Waals surface area contributed by atoms with Gasteiger partial charge in [-0.15, -0.1) is 24.8 Å². The van der Waals surface area contributed by atoms with Crippen LogP contribution in [0.15, 0.2) is 36.7 Å². The summed E-state index contributed by atoms with van der Waals surface area (Å²) in [4.78, 5) is 19.3. The molecule has 7 heteroatoms. The highest BCUT2D eigenvalue weighted by Crippen LogP contribution is 2.16. The van der Waals surface area contributed by atoms with Crippen LogP contribution in [0.4, 0.5) is 0 Å². The zero-order valence-corrected chi connectivity index (χ0v) is 13.7. The van der Waals surface area contributed by atoms with Gasteiger partial charge in [-0.05, 0) is 17.5 Å². The summed E-state index contributed by atoms with van der Waals surface area (Å²) in [5.41, 5.74) is 2.55. The van der Waals surface area contributed by atoms with E-state index in [1.165, 1.54) is 11.1 Å². The zero-order valence-electron chi connectivity index (χ0n) is 12.0. The normalized spacial score (nSPS) is 15.9. The second-order valence-corrected chi connectivity index (χ2v) is 4.98. The summed E-state index contributed by atoms with van der Waals surface area (Å²) in [6.45, 7) is 1.36. The first-order valence-electron chi connectivity index (χ1n) is 6.89. The molecule has 5 nitrogen and oxygen atoms in total. The minimum atomic E-state index is -0.137. The van der Waals surface area contributed by atoms with Crippen molar-refractivity contribution in [2.45, 2.75) is 25.4 Å². The third-order valence-electron chi connectivity index (χ3n) is 3.61. The van der Waals surface area contributed by atoms with Gasteiger partial charge in [0.05, 0.1) is 6.04 Å². The average molecular weight is 343 g/mol. The number of aromatic amines is 1. The van der Waals surface area contributed by atoms with Gasteiger partial charge in [0.25, 0.3) is 0 Å². The van der Waals surface area contributed by atoms with Crippen molar-refractivity contribution < 1.29 is 4.79 Å². The van der Waals surface area contributed by atoms with Gasteiger partial charge in [0.15, 0.2) is 0 Å². The number of aromatic nitrogens is 2. The van der Waals surface area contributed by atoms with Crippen LogP contribution in [0, 0.1) is 0 Å². The van der Waals surface area contributed by atoms with Crippen LogP contribution in [0.1, 0.15) is 17.0 Å². The lowest BCUT2D eigenvalue weighted by molar-refractivity contribution is -0.123. The largest absolute Gasteiger partial charge is 0.354 e. The first-order chi connectivity index (χ1) is 9.83. The highest BCUT2D eigenvalue weighted by molar-refractivity contribution is 5.85. The number of benzene rings is 1. The van der Waals surface area contributed by atoms with Gasteiger partial charge in [-0.25, -0.2) is 4.98 Å². The third kappa shape index (κ3) is 4.47. The van der Waals surface area contributed by atoms with Crippen LogP contribution in [0.5, 0.6) is 0 Å². The SMILES string of the molecule is Cl.Cl.O=C(NCCc1ncc[nH]1)C1Cc2ccccc2CN1. The standard InChI is InChI=1S/C15H18N4O.2ClH/c20-15(18-6-5-14-16-7-8-17-14)13-9-11-3-1-2-4-12(11)10-19-13;;/h1-4,7-8,13,19H,5-6,9-10H2,(H,16,17)(H,18,20);2*1H. The summed E-state index contributed by atoms with van der Waals surface area (Å²) >= 11 is 0. The molecule has 1 amide bonds. The molecule has 120 valence electrons. The van der Waals surface area contributed by atoms with Gasteiger partial charge >= 0.3 is 0 Å². The number of imidazole rings is 1. The van der Waals surface area contributed by atoms with E-state index < -0.39 is 0 Å². The molecule has 0 bridgehead atoms. The molecule has 1 atom stereocenters. The van der Waals surface area contributed by atoms with Crippen LogP contribution >= 0.6 is 24.8 Å². The number of halogens is 2. The van der Waals surface area contributed by atoms with Crippen LogP contribution in [0.25, 0.3) is 0 Å². The lowest BCUT2D eigenvalue weighted by Gasteiger charge is -2.25. The second kappa shape index (κ2) is 8.78. The number of amides is 1. The van der Waals surface area contributed by atoms with Gasteiger partial charge in [0.2, 0.25) is 5.91 Å². The van der Waals surface area contributed by atoms with Crippen molar-refractivity contribution in [3.8, 4) is 0 Å². The molecule has 2 heterocycles. The molecule has 0 aliphatic carbocycles. The summed E-state index contributed by atoms with van der Waals surface area (Å²) < 4.78 is 0. The van der Waals surface area contributed by atoms with E-state index in [1.54, 1.807) is 12.4 Å². The van der Waals surface area contributed by atoms with E-state index in [-0.39, 0.29) is 36.8 Å². The van der Waals surface area contributed by atoms with E-state index in [4.69, 9.17) is 0 Å². The van der Waals surface area contributed by atoms with Crippen molar-refractivity contribution in [2.75, 3.05) is 6.54 Å². The van der Waals surface area contributed by atoms with Gasteiger partial charge in [-0.3, -0.25) is 4.79 Å². The van der Waals surface area contributed by atoms with Crippen LogP contribution < -0.4 is 10.6 Å². The van der Waals surface area contributed by atoms with Crippen molar-refractivity contribution in [1.82, 2.24) is 20.6 Å². The topological polar surface area (TPSA) is 69.8 Å². The predicted octanol–water partition coefficient (Wildman–Crippen LogP) is 1.63. The molecular formula is C15H20Cl2N4O. The van der Waals surface area contributed by atoms with E-state index in [0.29, 0.717) is 6.54 Å². The number of nitrogens with one attached hydrogen (secondary N) is 3.